The number of ether oxygens (including phenoxy) is 1. The van der Waals surface area contributed by atoms with Crippen LogP contribution in [-0.2, 0) is 22.5 Å². The zero-order valence-electron chi connectivity index (χ0n) is 21.6. The SMILES string of the molecule is COC(=O)c1c(NC(C)=O)c2cc(N[C@H](C)CCc3c[nH]c4ccccc34)cnc2n1CCC(C)C. The average molecular weight is 490 g/mol. The smallest absolute Gasteiger partial charge is 0.356 e. The summed E-state index contributed by atoms with van der Waals surface area (Å²) in [5.41, 5.74) is 4.69. The van der Waals surface area contributed by atoms with Crippen LogP contribution in [0.5, 0.6) is 0 Å². The van der Waals surface area contributed by atoms with Crippen LogP contribution in [0.3, 0.4) is 0 Å². The standard InChI is InChI=1S/C28H35N5O3/c1-17(2)12-13-33-26(28(35)36-5)25(32-19(4)34)23-14-21(16-30-27(23)33)31-18(3)10-11-20-15-29-24-9-7-6-8-22(20)24/h6-9,14-18,29,31H,10-13H2,1-5H3,(H,32,34)/t18-/m1/s1. The summed E-state index contributed by atoms with van der Waals surface area (Å²) >= 11 is 0. The minimum absolute atomic E-state index is 0.185. The van der Waals surface area contributed by atoms with E-state index in [1.165, 1.54) is 25.0 Å². The van der Waals surface area contributed by atoms with Gasteiger partial charge in [0.15, 0.2) is 5.69 Å². The number of nitrogens with one attached hydrogen (secondary N) is 3. The van der Waals surface area contributed by atoms with Crippen molar-refractivity contribution in [2.75, 3.05) is 17.7 Å². The van der Waals surface area contributed by atoms with Gasteiger partial charge in [-0.25, -0.2) is 9.78 Å². The Balaban J connectivity index is 1.61. The van der Waals surface area contributed by atoms with Gasteiger partial charge in [0.25, 0.3) is 0 Å². The molecule has 0 aliphatic carbocycles. The Morgan fingerprint density at radius 2 is 1.92 bits per heavy atom. The monoisotopic (exact) mass is 489 g/mol. The van der Waals surface area contributed by atoms with Crippen LogP contribution < -0.4 is 10.6 Å². The molecule has 4 aromatic rings. The molecule has 3 aromatic heterocycles. The summed E-state index contributed by atoms with van der Waals surface area (Å²) in [6.07, 6.45) is 6.60. The van der Waals surface area contributed by atoms with Crippen LogP contribution >= 0.6 is 0 Å². The predicted molar refractivity (Wildman–Crippen MR) is 145 cm³/mol. The van der Waals surface area contributed by atoms with E-state index in [1.807, 2.05) is 16.7 Å². The number of aromatic nitrogens is 3. The highest BCUT2D eigenvalue weighted by molar-refractivity contribution is 6.11. The van der Waals surface area contributed by atoms with Gasteiger partial charge in [0.1, 0.15) is 5.65 Å². The molecule has 0 aliphatic heterocycles. The van der Waals surface area contributed by atoms with Crippen molar-refractivity contribution in [2.45, 2.75) is 59.5 Å². The summed E-state index contributed by atoms with van der Waals surface area (Å²) in [5, 5.41) is 8.35. The number of benzene rings is 1. The van der Waals surface area contributed by atoms with Gasteiger partial charge in [-0.15, -0.1) is 0 Å². The van der Waals surface area contributed by atoms with Crippen LogP contribution in [0, 0.1) is 5.92 Å². The third-order valence-corrected chi connectivity index (χ3v) is 6.44. The molecule has 190 valence electrons. The molecule has 36 heavy (non-hydrogen) atoms. The molecule has 0 spiro atoms. The molecule has 4 rings (SSSR count). The molecule has 1 aromatic carbocycles. The van der Waals surface area contributed by atoms with Gasteiger partial charge in [-0.3, -0.25) is 4.79 Å². The van der Waals surface area contributed by atoms with E-state index in [2.05, 4.69) is 60.8 Å². The van der Waals surface area contributed by atoms with Gasteiger partial charge in [0.2, 0.25) is 5.91 Å². The number of methoxy groups -OCH3 is 1. The van der Waals surface area contributed by atoms with Crippen molar-refractivity contribution < 1.29 is 14.3 Å². The molecule has 3 heterocycles. The molecule has 1 atom stereocenters. The van der Waals surface area contributed by atoms with Crippen molar-refractivity contribution in [2.24, 2.45) is 5.92 Å². The van der Waals surface area contributed by atoms with Gasteiger partial charge < -0.3 is 24.9 Å². The Kier molecular flexibility index (Phi) is 7.62. The molecule has 0 fully saturated rings. The van der Waals surface area contributed by atoms with E-state index < -0.39 is 5.97 Å². The third kappa shape index (κ3) is 5.37. The topological polar surface area (TPSA) is 101 Å². The zero-order chi connectivity index (χ0) is 25.8. The number of pyridine rings is 1. The van der Waals surface area contributed by atoms with Gasteiger partial charge >= 0.3 is 5.97 Å². The fourth-order valence-electron chi connectivity index (χ4n) is 4.59. The number of fused-ring (bicyclic) bond motifs is 2. The first kappa shape index (κ1) is 25.3. The number of aromatic amines is 1. The van der Waals surface area contributed by atoms with Gasteiger partial charge in [-0.05, 0) is 49.8 Å². The number of carbonyl (C=O) groups is 2. The number of H-pyrrole nitrogens is 1. The van der Waals surface area contributed by atoms with Crippen LogP contribution in [-0.4, -0.2) is 39.6 Å². The van der Waals surface area contributed by atoms with Gasteiger partial charge in [0, 0.05) is 42.0 Å². The molecule has 0 saturated carbocycles. The van der Waals surface area contributed by atoms with Crippen molar-refractivity contribution >= 4 is 45.2 Å². The summed E-state index contributed by atoms with van der Waals surface area (Å²) in [4.78, 5) is 32.8. The van der Waals surface area contributed by atoms with Crippen LogP contribution in [0.4, 0.5) is 11.4 Å². The van der Waals surface area contributed by atoms with Crippen molar-refractivity contribution in [3.05, 3.63) is 54.0 Å². The summed E-state index contributed by atoms with van der Waals surface area (Å²) in [7, 11) is 1.35. The number of nitrogens with zero attached hydrogens (tertiary/aromatic N) is 2. The number of carbonyl (C=O) groups excluding carboxylic acids is 2. The first-order valence-corrected chi connectivity index (χ1v) is 12.5. The van der Waals surface area contributed by atoms with E-state index in [0.717, 1.165) is 30.5 Å². The van der Waals surface area contributed by atoms with Gasteiger partial charge in [-0.1, -0.05) is 32.0 Å². The lowest BCUT2D eigenvalue weighted by atomic mass is 10.1. The van der Waals surface area contributed by atoms with E-state index in [9.17, 15) is 9.59 Å². The first-order valence-electron chi connectivity index (χ1n) is 12.5. The van der Waals surface area contributed by atoms with E-state index in [4.69, 9.17) is 9.72 Å². The molecule has 8 heteroatoms. The summed E-state index contributed by atoms with van der Waals surface area (Å²) < 4.78 is 6.93. The van der Waals surface area contributed by atoms with E-state index in [1.54, 1.807) is 6.20 Å². The Morgan fingerprint density at radius 1 is 1.14 bits per heavy atom. The van der Waals surface area contributed by atoms with Crippen LogP contribution in [0.15, 0.2) is 42.7 Å². The summed E-state index contributed by atoms with van der Waals surface area (Å²) in [6.45, 7) is 8.43. The van der Waals surface area contributed by atoms with Crippen molar-refractivity contribution in [3.63, 3.8) is 0 Å². The number of esters is 1. The van der Waals surface area contributed by atoms with Crippen molar-refractivity contribution in [1.82, 2.24) is 14.5 Å². The number of aryl methyl sites for hydroxylation is 2. The number of hydrogen-bond donors (Lipinski definition) is 3. The van der Waals surface area contributed by atoms with E-state index >= 15 is 0 Å². The molecule has 0 aliphatic rings. The molecule has 0 bridgehead atoms. The highest BCUT2D eigenvalue weighted by Gasteiger charge is 2.25. The predicted octanol–water partition coefficient (Wildman–Crippen LogP) is 5.74. The highest BCUT2D eigenvalue weighted by Crippen LogP contribution is 2.33. The second-order valence-electron chi connectivity index (χ2n) is 9.77. The fraction of sp³-hybridized carbons (Fsp3) is 0.393. The summed E-state index contributed by atoms with van der Waals surface area (Å²) in [6, 6.07) is 10.5. The molecular weight excluding hydrogens is 454 g/mol. The zero-order valence-corrected chi connectivity index (χ0v) is 21.6. The minimum Gasteiger partial charge on any atom is -0.464 e. The number of anilines is 2. The summed E-state index contributed by atoms with van der Waals surface area (Å²) in [5.74, 6) is -0.313. The normalized spacial score (nSPS) is 12.3. The van der Waals surface area contributed by atoms with Crippen LogP contribution in [0.2, 0.25) is 0 Å². The van der Waals surface area contributed by atoms with Crippen molar-refractivity contribution in [3.8, 4) is 0 Å². The number of rotatable bonds is 10. The third-order valence-electron chi connectivity index (χ3n) is 6.44. The van der Waals surface area contributed by atoms with Crippen LogP contribution in [0.1, 0.15) is 56.6 Å². The van der Waals surface area contributed by atoms with E-state index in [-0.39, 0.29) is 11.9 Å². The van der Waals surface area contributed by atoms with Crippen LogP contribution in [0.25, 0.3) is 21.9 Å². The Hall–Kier alpha value is -3.81. The number of amides is 1. The van der Waals surface area contributed by atoms with E-state index in [0.29, 0.717) is 34.9 Å². The van der Waals surface area contributed by atoms with Gasteiger partial charge in [0.05, 0.1) is 24.7 Å². The maximum Gasteiger partial charge on any atom is 0.356 e. The molecule has 0 radical (unpaired) electrons. The number of hydrogen-bond acceptors (Lipinski definition) is 5. The second-order valence-corrected chi connectivity index (χ2v) is 9.77. The van der Waals surface area contributed by atoms with Gasteiger partial charge in [-0.2, -0.15) is 0 Å². The fourth-order valence-corrected chi connectivity index (χ4v) is 4.59. The maximum absolute atomic E-state index is 12.8. The Bertz CT molecular complexity index is 1380. The largest absolute Gasteiger partial charge is 0.464 e. The lowest BCUT2D eigenvalue weighted by molar-refractivity contribution is -0.114. The molecule has 8 nitrogen and oxygen atoms in total. The molecule has 0 saturated heterocycles. The number of para-hydroxylation sites is 1. The first-order chi connectivity index (χ1) is 17.3. The Morgan fingerprint density at radius 3 is 2.64 bits per heavy atom. The minimum atomic E-state index is -0.498. The second kappa shape index (κ2) is 10.8. The molecule has 3 N–H and O–H groups in total. The lowest BCUT2D eigenvalue weighted by Gasteiger charge is -2.15. The Labute approximate surface area is 211 Å². The highest BCUT2D eigenvalue weighted by atomic mass is 16.5. The quantitative estimate of drug-likeness (QED) is 0.247. The molecular formula is C28H35N5O3. The molecule has 0 unspecified atom stereocenters. The maximum atomic E-state index is 12.8. The van der Waals surface area contributed by atoms with Crippen molar-refractivity contribution in [1.29, 1.82) is 0 Å². The lowest BCUT2D eigenvalue weighted by Crippen LogP contribution is -2.16. The average Bonchev–Trinajstić information content (AvgIpc) is 3.39. The molecule has 1 amide bonds.